The van der Waals surface area contributed by atoms with Gasteiger partial charge in [-0.05, 0) is 24.3 Å². The van der Waals surface area contributed by atoms with Crippen LogP contribution < -0.4 is 0 Å². The van der Waals surface area contributed by atoms with Crippen molar-refractivity contribution < 1.29 is 14.6 Å². The topological polar surface area (TPSA) is 49.8 Å². The first kappa shape index (κ1) is 13.6. The third kappa shape index (κ3) is 2.34. The van der Waals surface area contributed by atoms with Gasteiger partial charge in [-0.15, -0.1) is 0 Å². The maximum Gasteiger partial charge on any atom is 0.309 e. The number of piperidine rings is 1. The number of esters is 1. The number of hydrogen-bond acceptors (Lipinski definition) is 4. The van der Waals surface area contributed by atoms with Crippen LogP contribution in [0.1, 0.15) is 12.5 Å². The molecule has 2 fully saturated rings. The Bertz CT molecular complexity index is 476. The minimum Gasteiger partial charge on any atom is -0.466 e. The van der Waals surface area contributed by atoms with Crippen LogP contribution in [0, 0.1) is 17.8 Å². The standard InChI is InChI=1S/C16H21NO3/c1-2-20-16(19)15-12-9-17(13(10-18)14(12)15)8-11-6-4-3-5-7-11/h3-7,12-15,18H,2,8-10H2,1H3/t12-,13+,14-,15+/m0/s1. The van der Waals surface area contributed by atoms with Gasteiger partial charge in [0.25, 0.3) is 0 Å². The third-order valence-corrected chi connectivity index (χ3v) is 4.56. The molecule has 1 saturated carbocycles. The molecule has 4 heteroatoms. The number of carbonyl (C=O) groups excluding carboxylic acids is 1. The van der Waals surface area contributed by atoms with Crippen molar-refractivity contribution in [1.29, 1.82) is 0 Å². The van der Waals surface area contributed by atoms with Crippen LogP contribution in [0.5, 0.6) is 0 Å². The Morgan fingerprint density at radius 1 is 1.40 bits per heavy atom. The van der Waals surface area contributed by atoms with Crippen LogP contribution in [0.3, 0.4) is 0 Å². The van der Waals surface area contributed by atoms with E-state index in [1.807, 2.05) is 25.1 Å². The van der Waals surface area contributed by atoms with E-state index < -0.39 is 0 Å². The molecule has 108 valence electrons. The summed E-state index contributed by atoms with van der Waals surface area (Å²) >= 11 is 0. The van der Waals surface area contributed by atoms with Crippen LogP contribution in [0.4, 0.5) is 0 Å². The van der Waals surface area contributed by atoms with Gasteiger partial charge >= 0.3 is 5.97 Å². The van der Waals surface area contributed by atoms with Gasteiger partial charge in [0, 0.05) is 19.1 Å². The van der Waals surface area contributed by atoms with Crippen LogP contribution >= 0.6 is 0 Å². The van der Waals surface area contributed by atoms with E-state index in [0.29, 0.717) is 12.5 Å². The first-order chi connectivity index (χ1) is 9.76. The number of carbonyl (C=O) groups is 1. The summed E-state index contributed by atoms with van der Waals surface area (Å²) in [5.74, 6) is 0.581. The molecule has 1 aromatic rings. The number of likely N-dealkylation sites (tertiary alicyclic amines) is 1. The van der Waals surface area contributed by atoms with Gasteiger partial charge < -0.3 is 9.84 Å². The molecule has 1 aliphatic heterocycles. The summed E-state index contributed by atoms with van der Waals surface area (Å²) in [6, 6.07) is 10.4. The van der Waals surface area contributed by atoms with Gasteiger partial charge in [0.2, 0.25) is 0 Å². The van der Waals surface area contributed by atoms with Crippen molar-refractivity contribution in [2.45, 2.75) is 19.5 Å². The van der Waals surface area contributed by atoms with E-state index in [2.05, 4.69) is 17.0 Å². The molecule has 1 N–H and O–H groups in total. The fourth-order valence-electron chi connectivity index (χ4n) is 3.62. The summed E-state index contributed by atoms with van der Waals surface area (Å²) in [5.41, 5.74) is 1.25. The lowest BCUT2D eigenvalue weighted by molar-refractivity contribution is -0.146. The largest absolute Gasteiger partial charge is 0.466 e. The molecule has 0 unspecified atom stereocenters. The Morgan fingerprint density at radius 3 is 2.80 bits per heavy atom. The molecule has 4 atom stereocenters. The minimum absolute atomic E-state index is 0.0131. The Labute approximate surface area is 119 Å². The lowest BCUT2D eigenvalue weighted by Crippen LogP contribution is -2.38. The van der Waals surface area contributed by atoms with E-state index in [-0.39, 0.29) is 30.5 Å². The maximum atomic E-state index is 11.8. The van der Waals surface area contributed by atoms with Gasteiger partial charge in [-0.25, -0.2) is 0 Å². The van der Waals surface area contributed by atoms with Gasteiger partial charge in [0.1, 0.15) is 0 Å². The fraction of sp³-hybridized carbons (Fsp3) is 0.562. The zero-order chi connectivity index (χ0) is 14.1. The lowest BCUT2D eigenvalue weighted by atomic mass is 10.1. The number of rotatable bonds is 5. The molecule has 1 saturated heterocycles. The molecule has 0 amide bonds. The van der Waals surface area contributed by atoms with Crippen molar-refractivity contribution in [3.8, 4) is 0 Å². The molecule has 2 aliphatic rings. The van der Waals surface area contributed by atoms with Crippen LogP contribution in [0.25, 0.3) is 0 Å². The van der Waals surface area contributed by atoms with Crippen LogP contribution in [0.2, 0.25) is 0 Å². The van der Waals surface area contributed by atoms with Crippen molar-refractivity contribution in [2.75, 3.05) is 19.8 Å². The lowest BCUT2D eigenvalue weighted by Gasteiger charge is -2.27. The molecule has 1 aliphatic carbocycles. The highest BCUT2D eigenvalue weighted by molar-refractivity contribution is 5.77. The molecule has 0 aromatic heterocycles. The van der Waals surface area contributed by atoms with Gasteiger partial charge in [0.15, 0.2) is 0 Å². The molecule has 1 aromatic carbocycles. The first-order valence-electron chi connectivity index (χ1n) is 7.31. The second kappa shape index (κ2) is 5.54. The van der Waals surface area contributed by atoms with Crippen molar-refractivity contribution in [3.05, 3.63) is 35.9 Å². The summed E-state index contributed by atoms with van der Waals surface area (Å²) in [7, 11) is 0. The summed E-state index contributed by atoms with van der Waals surface area (Å²) in [5, 5.41) is 9.65. The molecule has 1 heterocycles. The van der Waals surface area contributed by atoms with E-state index in [1.54, 1.807) is 0 Å². The van der Waals surface area contributed by atoms with Gasteiger partial charge in [-0.2, -0.15) is 0 Å². The normalized spacial score (nSPS) is 31.9. The van der Waals surface area contributed by atoms with Gasteiger partial charge in [-0.1, -0.05) is 30.3 Å². The average Bonchev–Trinajstić information content (AvgIpc) is 3.04. The summed E-state index contributed by atoms with van der Waals surface area (Å²) < 4.78 is 5.11. The number of fused-ring (bicyclic) bond motifs is 1. The SMILES string of the molecule is CCOC(=O)[C@@H]1[C@H]2CN(Cc3ccccc3)[C@H](CO)[C@H]21. The van der Waals surface area contributed by atoms with Crippen molar-refractivity contribution in [2.24, 2.45) is 17.8 Å². The van der Waals surface area contributed by atoms with Crippen molar-refractivity contribution in [1.82, 2.24) is 4.90 Å². The number of hydrogen-bond donors (Lipinski definition) is 1. The second-order valence-corrected chi connectivity index (χ2v) is 5.68. The summed E-state index contributed by atoms with van der Waals surface area (Å²) in [4.78, 5) is 14.1. The van der Waals surface area contributed by atoms with Crippen LogP contribution in [-0.2, 0) is 16.1 Å². The molecular formula is C16H21NO3. The number of aliphatic hydroxyl groups is 1. The highest BCUT2D eigenvalue weighted by atomic mass is 16.5. The average molecular weight is 275 g/mol. The Morgan fingerprint density at radius 2 is 2.15 bits per heavy atom. The molecule has 20 heavy (non-hydrogen) atoms. The highest BCUT2D eigenvalue weighted by Crippen LogP contribution is 2.56. The number of benzene rings is 1. The number of aliphatic hydroxyl groups excluding tert-OH is 1. The Kier molecular flexibility index (Phi) is 3.76. The Hall–Kier alpha value is -1.39. The molecular weight excluding hydrogens is 254 g/mol. The van der Waals surface area contributed by atoms with Gasteiger partial charge in [-0.3, -0.25) is 9.69 Å². The Balaban J connectivity index is 1.63. The third-order valence-electron chi connectivity index (χ3n) is 4.56. The molecule has 3 rings (SSSR count). The van der Waals surface area contributed by atoms with Crippen LogP contribution in [-0.4, -0.2) is 41.8 Å². The predicted molar refractivity (Wildman–Crippen MR) is 74.8 cm³/mol. The smallest absolute Gasteiger partial charge is 0.309 e. The van der Waals surface area contributed by atoms with Crippen molar-refractivity contribution in [3.63, 3.8) is 0 Å². The fourth-order valence-corrected chi connectivity index (χ4v) is 3.62. The zero-order valence-electron chi connectivity index (χ0n) is 11.7. The number of ether oxygens (including phenoxy) is 1. The van der Waals surface area contributed by atoms with Crippen molar-refractivity contribution >= 4 is 5.97 Å². The maximum absolute atomic E-state index is 11.8. The van der Waals surface area contributed by atoms with E-state index in [0.717, 1.165) is 13.1 Å². The second-order valence-electron chi connectivity index (χ2n) is 5.68. The molecule has 0 radical (unpaired) electrons. The minimum atomic E-state index is -0.0830. The summed E-state index contributed by atoms with van der Waals surface area (Å²) in [6.07, 6.45) is 0. The van der Waals surface area contributed by atoms with E-state index in [1.165, 1.54) is 5.56 Å². The predicted octanol–water partition coefficient (Wildman–Crippen LogP) is 1.29. The van der Waals surface area contributed by atoms with E-state index >= 15 is 0 Å². The molecule has 0 spiro atoms. The van der Waals surface area contributed by atoms with Crippen LogP contribution in [0.15, 0.2) is 30.3 Å². The molecule has 4 nitrogen and oxygen atoms in total. The number of nitrogens with zero attached hydrogens (tertiary/aromatic N) is 1. The van der Waals surface area contributed by atoms with E-state index in [4.69, 9.17) is 4.74 Å². The van der Waals surface area contributed by atoms with Gasteiger partial charge in [0.05, 0.1) is 19.1 Å². The summed E-state index contributed by atoms with van der Waals surface area (Å²) in [6.45, 7) is 4.11. The van der Waals surface area contributed by atoms with E-state index in [9.17, 15) is 9.90 Å². The monoisotopic (exact) mass is 275 g/mol. The zero-order valence-corrected chi connectivity index (χ0v) is 11.7. The molecule has 0 bridgehead atoms. The quantitative estimate of drug-likeness (QED) is 0.823. The highest BCUT2D eigenvalue weighted by Gasteiger charge is 2.64. The first-order valence-corrected chi connectivity index (χ1v) is 7.31.